The highest BCUT2D eigenvalue weighted by Gasteiger charge is 2.63. The molecule has 4 rings (SSSR count). The van der Waals surface area contributed by atoms with Crippen LogP contribution in [0.25, 0.3) is 0 Å². The predicted molar refractivity (Wildman–Crippen MR) is 95.3 cm³/mol. The molecule has 1 aromatic heterocycles. The first-order valence-corrected chi connectivity index (χ1v) is 9.49. The number of hydrogen-bond acceptors (Lipinski definition) is 4. The third-order valence-electron chi connectivity index (χ3n) is 6.35. The normalized spacial score (nSPS) is 33.5. The zero-order valence-corrected chi connectivity index (χ0v) is 15.9. The van der Waals surface area contributed by atoms with Crippen molar-refractivity contribution in [2.75, 3.05) is 33.7 Å². The van der Waals surface area contributed by atoms with Gasteiger partial charge < -0.3 is 14.5 Å². The first-order valence-electron chi connectivity index (χ1n) is 9.49. The summed E-state index contributed by atoms with van der Waals surface area (Å²) in [6, 6.07) is 2.06. The van der Waals surface area contributed by atoms with E-state index >= 15 is 0 Å². The smallest absolute Gasteiger partial charge is 0.224 e. The Morgan fingerprint density at radius 1 is 1.44 bits per heavy atom. The predicted octanol–water partition coefficient (Wildman–Crippen LogP) is 1.46. The van der Waals surface area contributed by atoms with Crippen LogP contribution in [0.5, 0.6) is 0 Å². The molecule has 3 aliphatic rings. The maximum absolute atomic E-state index is 12.8. The van der Waals surface area contributed by atoms with Crippen LogP contribution in [0.15, 0.2) is 6.07 Å². The number of fused-ring (bicyclic) bond motifs is 1. The highest BCUT2D eigenvalue weighted by molar-refractivity contribution is 5.76. The molecule has 6 heteroatoms. The van der Waals surface area contributed by atoms with E-state index in [0.717, 1.165) is 43.9 Å². The van der Waals surface area contributed by atoms with E-state index in [1.165, 1.54) is 0 Å². The van der Waals surface area contributed by atoms with Crippen molar-refractivity contribution in [3.8, 4) is 0 Å². The van der Waals surface area contributed by atoms with Gasteiger partial charge in [0.2, 0.25) is 5.91 Å². The van der Waals surface area contributed by atoms with Crippen LogP contribution in [0.1, 0.15) is 30.7 Å². The molecule has 0 saturated carbocycles. The molecule has 1 amide bonds. The maximum atomic E-state index is 12.8. The number of amides is 1. The number of hydrogen-bond donors (Lipinski definition) is 0. The molecular formula is C19H30N4O2. The number of likely N-dealkylation sites (tertiary alicyclic amines) is 1. The highest BCUT2D eigenvalue weighted by atomic mass is 16.5. The summed E-state index contributed by atoms with van der Waals surface area (Å²) in [7, 11) is 4.26. The molecule has 3 saturated heterocycles. The minimum absolute atomic E-state index is 0.0563. The fraction of sp³-hybridized carbons (Fsp3) is 0.789. The molecule has 0 N–H and O–H groups in total. The number of carbonyl (C=O) groups excluding carboxylic acids is 1. The van der Waals surface area contributed by atoms with Gasteiger partial charge in [0.15, 0.2) is 0 Å². The Bertz CT molecular complexity index is 670. The van der Waals surface area contributed by atoms with Gasteiger partial charge in [-0.1, -0.05) is 0 Å². The molecule has 0 unspecified atom stereocenters. The van der Waals surface area contributed by atoms with Crippen molar-refractivity contribution in [2.45, 2.75) is 51.4 Å². The fourth-order valence-electron chi connectivity index (χ4n) is 5.31. The fourth-order valence-corrected chi connectivity index (χ4v) is 5.31. The first kappa shape index (κ1) is 17.0. The number of aromatic nitrogens is 2. The third kappa shape index (κ3) is 2.89. The summed E-state index contributed by atoms with van der Waals surface area (Å²) < 4.78 is 8.37. The van der Waals surface area contributed by atoms with E-state index in [4.69, 9.17) is 4.74 Å². The van der Waals surface area contributed by atoms with Gasteiger partial charge in [-0.3, -0.25) is 9.48 Å². The largest absolute Gasteiger partial charge is 0.369 e. The van der Waals surface area contributed by atoms with Crippen LogP contribution in [0.4, 0.5) is 0 Å². The lowest BCUT2D eigenvalue weighted by Gasteiger charge is -2.30. The molecule has 0 aromatic carbocycles. The van der Waals surface area contributed by atoms with Gasteiger partial charge >= 0.3 is 0 Å². The van der Waals surface area contributed by atoms with E-state index < -0.39 is 0 Å². The molecule has 6 nitrogen and oxygen atoms in total. The zero-order valence-electron chi connectivity index (χ0n) is 15.9. The Morgan fingerprint density at radius 3 is 2.92 bits per heavy atom. The number of carbonyl (C=O) groups is 1. The average Bonchev–Trinajstić information content (AvgIpc) is 3.25. The average molecular weight is 346 g/mol. The van der Waals surface area contributed by atoms with E-state index in [0.29, 0.717) is 30.9 Å². The van der Waals surface area contributed by atoms with Crippen molar-refractivity contribution in [1.29, 1.82) is 0 Å². The van der Waals surface area contributed by atoms with Crippen molar-refractivity contribution >= 4 is 5.91 Å². The molecule has 25 heavy (non-hydrogen) atoms. The first-order chi connectivity index (χ1) is 11.9. The maximum Gasteiger partial charge on any atom is 0.224 e. The number of rotatable bonds is 5. The quantitative estimate of drug-likeness (QED) is 0.810. The van der Waals surface area contributed by atoms with Crippen LogP contribution in [-0.4, -0.2) is 70.9 Å². The minimum Gasteiger partial charge on any atom is -0.369 e. The van der Waals surface area contributed by atoms with Crippen LogP contribution in [0.2, 0.25) is 0 Å². The molecule has 4 heterocycles. The van der Waals surface area contributed by atoms with Crippen LogP contribution < -0.4 is 0 Å². The van der Waals surface area contributed by atoms with Crippen molar-refractivity contribution < 1.29 is 9.53 Å². The lowest BCUT2D eigenvalue weighted by Crippen LogP contribution is -2.40. The van der Waals surface area contributed by atoms with Gasteiger partial charge in [0, 0.05) is 43.6 Å². The van der Waals surface area contributed by atoms with Gasteiger partial charge in [0.05, 0.1) is 23.9 Å². The standard InChI is InChI=1S/C19H30N4O2/c1-13-9-14(2)23(20-13)8-6-18(24)22-11-16-15(10-21(3)4)17-5-7-19(16,12-22)25-17/h9,15-17H,5-8,10-12H2,1-4H3/t15-,16+,17+,19+/m0/s1. The van der Waals surface area contributed by atoms with Crippen molar-refractivity contribution in [2.24, 2.45) is 11.8 Å². The molecular weight excluding hydrogens is 316 g/mol. The van der Waals surface area contributed by atoms with Gasteiger partial charge in [-0.2, -0.15) is 5.10 Å². The second-order valence-corrected chi connectivity index (χ2v) is 8.47. The van der Waals surface area contributed by atoms with Crippen molar-refractivity contribution in [3.63, 3.8) is 0 Å². The van der Waals surface area contributed by atoms with Crippen LogP contribution in [0, 0.1) is 25.7 Å². The van der Waals surface area contributed by atoms with E-state index in [-0.39, 0.29) is 11.5 Å². The second-order valence-electron chi connectivity index (χ2n) is 8.47. The Morgan fingerprint density at radius 2 is 2.24 bits per heavy atom. The summed E-state index contributed by atoms with van der Waals surface area (Å²) in [4.78, 5) is 17.1. The molecule has 1 aromatic rings. The van der Waals surface area contributed by atoms with Gasteiger partial charge in [0.25, 0.3) is 0 Å². The molecule has 1 spiro atoms. The van der Waals surface area contributed by atoms with E-state index in [2.05, 4.69) is 35.1 Å². The lowest BCUT2D eigenvalue weighted by atomic mass is 9.73. The highest BCUT2D eigenvalue weighted by Crippen LogP contribution is 2.54. The van der Waals surface area contributed by atoms with Crippen LogP contribution >= 0.6 is 0 Å². The SMILES string of the molecule is Cc1cc(C)n(CCC(=O)N2C[C@@H]3[C@H](CN(C)C)[C@H]4CC[C@]3(C2)O4)n1. The van der Waals surface area contributed by atoms with Gasteiger partial charge in [-0.15, -0.1) is 0 Å². The molecule has 0 radical (unpaired) electrons. The van der Waals surface area contributed by atoms with E-state index in [1.807, 2.05) is 18.5 Å². The topological polar surface area (TPSA) is 50.6 Å². The van der Waals surface area contributed by atoms with Gasteiger partial charge in [-0.25, -0.2) is 0 Å². The number of nitrogens with zero attached hydrogens (tertiary/aromatic N) is 4. The summed E-state index contributed by atoms with van der Waals surface area (Å²) in [5.41, 5.74) is 2.07. The molecule has 0 aliphatic carbocycles. The molecule has 138 valence electrons. The van der Waals surface area contributed by atoms with Gasteiger partial charge in [-0.05, 0) is 46.9 Å². The third-order valence-corrected chi connectivity index (χ3v) is 6.35. The monoisotopic (exact) mass is 346 g/mol. The van der Waals surface area contributed by atoms with Crippen LogP contribution in [0.3, 0.4) is 0 Å². The second kappa shape index (κ2) is 6.09. The number of ether oxygens (including phenoxy) is 1. The van der Waals surface area contributed by atoms with E-state index in [9.17, 15) is 4.79 Å². The Hall–Kier alpha value is -1.40. The summed E-state index contributed by atoms with van der Waals surface area (Å²) >= 11 is 0. The summed E-state index contributed by atoms with van der Waals surface area (Å²) in [5, 5.41) is 4.46. The molecule has 3 fully saturated rings. The Kier molecular flexibility index (Phi) is 4.15. The molecule has 4 atom stereocenters. The van der Waals surface area contributed by atoms with Gasteiger partial charge in [0.1, 0.15) is 0 Å². The minimum atomic E-state index is -0.0563. The lowest BCUT2D eigenvalue weighted by molar-refractivity contribution is -0.132. The van der Waals surface area contributed by atoms with Crippen LogP contribution in [-0.2, 0) is 16.1 Å². The van der Waals surface area contributed by atoms with E-state index in [1.54, 1.807) is 0 Å². The number of aryl methyl sites for hydroxylation is 3. The zero-order chi connectivity index (χ0) is 17.8. The molecule has 2 bridgehead atoms. The Balaban J connectivity index is 1.40. The Labute approximate surface area is 150 Å². The summed E-state index contributed by atoms with van der Waals surface area (Å²) in [6.45, 7) is 7.41. The summed E-state index contributed by atoms with van der Waals surface area (Å²) in [5.74, 6) is 1.32. The molecule has 3 aliphatic heterocycles. The summed E-state index contributed by atoms with van der Waals surface area (Å²) in [6.07, 6.45) is 3.20. The van der Waals surface area contributed by atoms with Crippen molar-refractivity contribution in [3.05, 3.63) is 17.5 Å². The van der Waals surface area contributed by atoms with Crippen molar-refractivity contribution in [1.82, 2.24) is 19.6 Å².